The highest BCUT2D eigenvalue weighted by Gasteiger charge is 2.38. The molecule has 0 bridgehead atoms. The maximum atomic E-state index is 13.2. The summed E-state index contributed by atoms with van der Waals surface area (Å²) in [6, 6.07) is 6.10. The third-order valence-corrected chi connectivity index (χ3v) is 6.54. The predicted octanol–water partition coefficient (Wildman–Crippen LogP) is 2.65. The summed E-state index contributed by atoms with van der Waals surface area (Å²) in [4.78, 5) is 32.0. The molecule has 3 fully saturated rings. The zero-order valence-electron chi connectivity index (χ0n) is 16.5. The Morgan fingerprint density at radius 1 is 1.00 bits per heavy atom. The Morgan fingerprint density at radius 3 is 2.50 bits per heavy atom. The van der Waals surface area contributed by atoms with Gasteiger partial charge in [0.15, 0.2) is 0 Å². The van der Waals surface area contributed by atoms with E-state index in [9.17, 15) is 14.0 Å². The van der Waals surface area contributed by atoms with Crippen molar-refractivity contribution in [1.29, 1.82) is 0 Å². The number of carbonyl (C=O) groups excluding carboxylic acids is 2. The van der Waals surface area contributed by atoms with Crippen LogP contribution in [0, 0.1) is 11.7 Å². The number of piperazine rings is 1. The number of halogens is 1. The Hall–Kier alpha value is -1.95. The Kier molecular flexibility index (Phi) is 5.95. The van der Waals surface area contributed by atoms with E-state index in [-0.39, 0.29) is 23.7 Å². The molecule has 5 nitrogen and oxygen atoms in total. The van der Waals surface area contributed by atoms with Gasteiger partial charge in [-0.05, 0) is 42.9 Å². The van der Waals surface area contributed by atoms with Crippen LogP contribution in [0.25, 0.3) is 0 Å². The first-order valence-corrected chi connectivity index (χ1v) is 10.7. The summed E-state index contributed by atoms with van der Waals surface area (Å²) in [5, 5.41) is 0. The minimum atomic E-state index is -0.264. The predicted molar refractivity (Wildman–Crippen MR) is 105 cm³/mol. The molecule has 2 amide bonds. The van der Waals surface area contributed by atoms with Crippen molar-refractivity contribution in [3.8, 4) is 0 Å². The summed E-state index contributed by atoms with van der Waals surface area (Å²) in [5.74, 6) is 0.581. The molecule has 0 spiro atoms. The first kappa shape index (κ1) is 19.4. The number of hydrogen-bond acceptors (Lipinski definition) is 3. The van der Waals surface area contributed by atoms with Crippen LogP contribution in [0.4, 0.5) is 4.39 Å². The molecule has 1 atom stereocenters. The summed E-state index contributed by atoms with van der Waals surface area (Å²) in [5.41, 5.74) is 0.936. The standard InChI is InChI=1S/C22H30FN3O2/c23-19-8-6-18(7-9-19)15-26-13-12-24-10-3-11-25(16-20(24)22(26)28)21(27)14-17-4-1-2-5-17/h6-9,17,20H,1-5,10-16H2. The van der Waals surface area contributed by atoms with E-state index in [4.69, 9.17) is 0 Å². The summed E-state index contributed by atoms with van der Waals surface area (Å²) >= 11 is 0. The normalized spacial score (nSPS) is 24.3. The zero-order chi connectivity index (χ0) is 19.5. The zero-order valence-corrected chi connectivity index (χ0v) is 16.5. The molecule has 152 valence electrons. The second kappa shape index (κ2) is 8.60. The largest absolute Gasteiger partial charge is 0.341 e. The first-order chi connectivity index (χ1) is 13.6. The number of benzene rings is 1. The van der Waals surface area contributed by atoms with Crippen molar-refractivity contribution < 1.29 is 14.0 Å². The average Bonchev–Trinajstić information content (AvgIpc) is 3.09. The van der Waals surface area contributed by atoms with Crippen LogP contribution in [0.2, 0.25) is 0 Å². The topological polar surface area (TPSA) is 43.9 Å². The quantitative estimate of drug-likeness (QED) is 0.798. The number of carbonyl (C=O) groups is 2. The lowest BCUT2D eigenvalue weighted by atomic mass is 10.0. The fourth-order valence-corrected chi connectivity index (χ4v) is 4.89. The monoisotopic (exact) mass is 387 g/mol. The first-order valence-electron chi connectivity index (χ1n) is 10.7. The smallest absolute Gasteiger partial charge is 0.242 e. The minimum absolute atomic E-state index is 0.0936. The Balaban J connectivity index is 1.40. The lowest BCUT2D eigenvalue weighted by molar-refractivity contribution is -0.144. The van der Waals surface area contributed by atoms with Crippen molar-refractivity contribution in [1.82, 2.24) is 14.7 Å². The molecule has 1 aromatic rings. The van der Waals surface area contributed by atoms with E-state index in [2.05, 4.69) is 4.90 Å². The van der Waals surface area contributed by atoms with Crippen LogP contribution in [0.15, 0.2) is 24.3 Å². The maximum Gasteiger partial charge on any atom is 0.242 e. The molecule has 4 rings (SSSR count). The van der Waals surface area contributed by atoms with E-state index >= 15 is 0 Å². The summed E-state index contributed by atoms with van der Waals surface area (Å²) in [7, 11) is 0. The van der Waals surface area contributed by atoms with Crippen molar-refractivity contribution >= 4 is 11.8 Å². The fraction of sp³-hybridized carbons (Fsp3) is 0.636. The summed E-state index contributed by atoms with van der Waals surface area (Å²) in [6.07, 6.45) is 6.38. The molecule has 2 aliphatic heterocycles. The number of hydrogen-bond donors (Lipinski definition) is 0. The third kappa shape index (κ3) is 4.37. The number of amides is 2. The molecule has 1 saturated carbocycles. The minimum Gasteiger partial charge on any atom is -0.341 e. The Labute approximate surface area is 166 Å². The molecular formula is C22H30FN3O2. The van der Waals surface area contributed by atoms with Gasteiger partial charge in [-0.1, -0.05) is 25.0 Å². The number of fused-ring (bicyclic) bond motifs is 1. The Morgan fingerprint density at radius 2 is 1.75 bits per heavy atom. The van der Waals surface area contributed by atoms with Gasteiger partial charge in [0, 0.05) is 45.7 Å². The van der Waals surface area contributed by atoms with Crippen molar-refractivity contribution in [2.75, 3.05) is 32.7 Å². The van der Waals surface area contributed by atoms with Gasteiger partial charge in [0.05, 0.1) is 0 Å². The van der Waals surface area contributed by atoms with E-state index in [0.717, 1.165) is 31.6 Å². The van der Waals surface area contributed by atoms with Crippen LogP contribution < -0.4 is 0 Å². The van der Waals surface area contributed by atoms with Crippen LogP contribution in [-0.4, -0.2) is 65.3 Å². The van der Waals surface area contributed by atoms with Gasteiger partial charge in [0.2, 0.25) is 11.8 Å². The SMILES string of the molecule is O=C(CC1CCCC1)N1CCCN2CCN(Cc3ccc(F)cc3)C(=O)C2C1. The number of rotatable bonds is 4. The molecule has 2 heterocycles. The highest BCUT2D eigenvalue weighted by Crippen LogP contribution is 2.28. The van der Waals surface area contributed by atoms with Crippen molar-refractivity contribution in [3.63, 3.8) is 0 Å². The highest BCUT2D eigenvalue weighted by molar-refractivity contribution is 5.84. The molecule has 3 aliphatic rings. The molecule has 2 saturated heterocycles. The molecule has 1 aromatic carbocycles. The van der Waals surface area contributed by atoms with Gasteiger partial charge in [-0.3, -0.25) is 14.5 Å². The van der Waals surface area contributed by atoms with E-state index in [1.54, 1.807) is 12.1 Å². The van der Waals surface area contributed by atoms with Crippen molar-refractivity contribution in [3.05, 3.63) is 35.6 Å². The molecule has 6 heteroatoms. The van der Waals surface area contributed by atoms with E-state index < -0.39 is 0 Å². The van der Waals surface area contributed by atoms with E-state index in [0.29, 0.717) is 32.0 Å². The molecular weight excluding hydrogens is 357 g/mol. The van der Waals surface area contributed by atoms with Crippen LogP contribution in [0.5, 0.6) is 0 Å². The molecule has 0 aromatic heterocycles. The van der Waals surface area contributed by atoms with Crippen LogP contribution in [-0.2, 0) is 16.1 Å². The Bertz CT molecular complexity index is 702. The second-order valence-electron chi connectivity index (χ2n) is 8.49. The van der Waals surface area contributed by atoms with E-state index in [1.165, 1.54) is 37.8 Å². The molecule has 1 unspecified atom stereocenters. The third-order valence-electron chi connectivity index (χ3n) is 6.54. The van der Waals surface area contributed by atoms with Gasteiger partial charge in [-0.2, -0.15) is 0 Å². The maximum absolute atomic E-state index is 13.2. The highest BCUT2D eigenvalue weighted by atomic mass is 19.1. The van der Waals surface area contributed by atoms with E-state index in [1.807, 2.05) is 9.80 Å². The molecule has 0 radical (unpaired) electrons. The lowest BCUT2D eigenvalue weighted by Crippen LogP contribution is -2.59. The molecule has 28 heavy (non-hydrogen) atoms. The van der Waals surface area contributed by atoms with Gasteiger partial charge < -0.3 is 9.80 Å². The second-order valence-corrected chi connectivity index (χ2v) is 8.49. The van der Waals surface area contributed by atoms with Crippen LogP contribution in [0.1, 0.15) is 44.1 Å². The fourth-order valence-electron chi connectivity index (χ4n) is 4.89. The summed E-state index contributed by atoms with van der Waals surface area (Å²) < 4.78 is 13.1. The van der Waals surface area contributed by atoms with Gasteiger partial charge >= 0.3 is 0 Å². The van der Waals surface area contributed by atoms with Crippen LogP contribution >= 0.6 is 0 Å². The van der Waals surface area contributed by atoms with Gasteiger partial charge in [0.1, 0.15) is 11.9 Å². The van der Waals surface area contributed by atoms with Crippen molar-refractivity contribution in [2.24, 2.45) is 5.92 Å². The van der Waals surface area contributed by atoms with Gasteiger partial charge in [0.25, 0.3) is 0 Å². The van der Waals surface area contributed by atoms with Crippen molar-refractivity contribution in [2.45, 2.75) is 51.1 Å². The average molecular weight is 387 g/mol. The lowest BCUT2D eigenvalue weighted by Gasteiger charge is -2.40. The van der Waals surface area contributed by atoms with Crippen LogP contribution in [0.3, 0.4) is 0 Å². The summed E-state index contributed by atoms with van der Waals surface area (Å²) in [6.45, 7) is 4.15. The van der Waals surface area contributed by atoms with Gasteiger partial charge in [-0.25, -0.2) is 4.39 Å². The van der Waals surface area contributed by atoms with Gasteiger partial charge in [-0.15, -0.1) is 0 Å². The molecule has 1 aliphatic carbocycles. The number of nitrogens with zero attached hydrogens (tertiary/aromatic N) is 3. The molecule has 0 N–H and O–H groups in total.